The van der Waals surface area contributed by atoms with Crippen molar-refractivity contribution in [2.45, 2.75) is 13.8 Å². The highest BCUT2D eigenvalue weighted by Gasteiger charge is 2.03. The van der Waals surface area contributed by atoms with E-state index in [1.807, 2.05) is 0 Å². The molecule has 0 aliphatic carbocycles. The Labute approximate surface area is 79.8 Å². The molecule has 0 bridgehead atoms. The lowest BCUT2D eigenvalue weighted by Gasteiger charge is -2.00. The van der Waals surface area contributed by atoms with Crippen molar-refractivity contribution >= 4 is 23.1 Å². The molecule has 6 heteroatoms. The Bertz CT molecular complexity index is 335. The van der Waals surface area contributed by atoms with Gasteiger partial charge in [-0.1, -0.05) is 0 Å². The summed E-state index contributed by atoms with van der Waals surface area (Å²) in [4.78, 5) is 7.06. The molecule has 1 rings (SSSR count). The Hall–Kier alpha value is -1.23. The molecule has 70 valence electrons. The summed E-state index contributed by atoms with van der Waals surface area (Å²) >= 11 is 5.45. The predicted molar refractivity (Wildman–Crippen MR) is 49.4 cm³/mol. The molecular weight excluding hydrogens is 195 g/mol. The van der Waals surface area contributed by atoms with E-state index in [2.05, 4.69) is 20.5 Å². The van der Waals surface area contributed by atoms with Crippen molar-refractivity contribution in [3.63, 3.8) is 0 Å². The number of nitrogens with one attached hydrogen (secondary N) is 1. The maximum atomic E-state index is 12.9. The first-order valence-electron chi connectivity index (χ1n) is 3.54. The Morgan fingerprint density at radius 1 is 1.62 bits per heavy atom. The van der Waals surface area contributed by atoms with Crippen LogP contribution in [0, 0.1) is 5.82 Å². The lowest BCUT2D eigenvalue weighted by Crippen LogP contribution is -1.99. The number of anilines is 1. The molecule has 0 amide bonds. The van der Waals surface area contributed by atoms with E-state index in [0.29, 0.717) is 0 Å². The van der Waals surface area contributed by atoms with E-state index < -0.39 is 5.82 Å². The van der Waals surface area contributed by atoms with Gasteiger partial charge < -0.3 is 0 Å². The molecule has 0 unspecified atom stereocenters. The molecule has 0 saturated heterocycles. The van der Waals surface area contributed by atoms with Gasteiger partial charge in [0, 0.05) is 5.71 Å². The molecule has 0 fully saturated rings. The molecule has 0 saturated carbocycles. The molecule has 0 aliphatic heterocycles. The second-order valence-corrected chi connectivity index (χ2v) is 2.84. The van der Waals surface area contributed by atoms with Crippen LogP contribution in [0.4, 0.5) is 10.2 Å². The molecule has 4 nitrogen and oxygen atoms in total. The first kappa shape index (κ1) is 9.85. The number of rotatable bonds is 2. The van der Waals surface area contributed by atoms with Crippen LogP contribution in [0.3, 0.4) is 0 Å². The lowest BCUT2D eigenvalue weighted by atomic mass is 10.5. The number of nitrogens with zero attached hydrogens (tertiary/aromatic N) is 3. The van der Waals surface area contributed by atoms with E-state index in [4.69, 9.17) is 11.6 Å². The molecule has 1 aromatic rings. The van der Waals surface area contributed by atoms with E-state index in [1.165, 1.54) is 0 Å². The highest BCUT2D eigenvalue weighted by atomic mass is 35.5. The molecular formula is C7H8ClFN4. The van der Waals surface area contributed by atoms with E-state index >= 15 is 0 Å². The molecule has 1 N–H and O–H groups in total. The largest absolute Gasteiger partial charge is 0.259 e. The van der Waals surface area contributed by atoms with Gasteiger partial charge in [-0.3, -0.25) is 5.43 Å². The van der Waals surface area contributed by atoms with Crippen molar-refractivity contribution in [1.82, 2.24) is 9.97 Å². The Kier molecular flexibility index (Phi) is 3.13. The summed E-state index contributed by atoms with van der Waals surface area (Å²) < 4.78 is 12.9. The third-order valence-corrected chi connectivity index (χ3v) is 1.28. The van der Waals surface area contributed by atoms with Crippen molar-refractivity contribution in [3.8, 4) is 0 Å². The highest BCUT2D eigenvalue weighted by Crippen LogP contribution is 2.11. The molecule has 1 heterocycles. The van der Waals surface area contributed by atoms with Crippen molar-refractivity contribution in [2.24, 2.45) is 5.10 Å². The predicted octanol–water partition coefficient (Wildman–Crippen LogP) is 2.08. The average Bonchev–Trinajstić information content (AvgIpc) is 2.06. The molecule has 1 aromatic heterocycles. The quantitative estimate of drug-likeness (QED) is 0.454. The van der Waals surface area contributed by atoms with Gasteiger partial charge >= 0.3 is 0 Å². The SMILES string of the molecule is CC(C)=NNc1nc(Cl)ncc1F. The zero-order valence-electron chi connectivity index (χ0n) is 7.17. The van der Waals surface area contributed by atoms with Crippen LogP contribution in [0.2, 0.25) is 5.28 Å². The minimum atomic E-state index is -0.589. The Morgan fingerprint density at radius 2 is 2.31 bits per heavy atom. The standard InChI is InChI=1S/C7H8ClFN4/c1-4(2)12-13-6-5(9)3-10-7(8)11-6/h3H,1-2H3,(H,10,11,13). The number of hydrazone groups is 1. The summed E-state index contributed by atoms with van der Waals surface area (Å²) in [6.07, 6.45) is 0.984. The third-order valence-electron chi connectivity index (χ3n) is 1.10. The number of halogens is 2. The summed E-state index contributed by atoms with van der Waals surface area (Å²) in [7, 11) is 0. The van der Waals surface area contributed by atoms with Crippen LogP contribution < -0.4 is 5.43 Å². The van der Waals surface area contributed by atoms with Crippen LogP contribution in [0.1, 0.15) is 13.8 Å². The van der Waals surface area contributed by atoms with Crippen molar-refractivity contribution in [2.75, 3.05) is 5.43 Å². The van der Waals surface area contributed by atoms with Crippen LogP contribution in [0.15, 0.2) is 11.3 Å². The summed E-state index contributed by atoms with van der Waals surface area (Å²) in [6, 6.07) is 0. The topological polar surface area (TPSA) is 50.2 Å². The first-order valence-corrected chi connectivity index (χ1v) is 3.92. The molecule has 0 aliphatic rings. The van der Waals surface area contributed by atoms with Gasteiger partial charge in [0.15, 0.2) is 11.6 Å². The molecule has 13 heavy (non-hydrogen) atoms. The Morgan fingerprint density at radius 3 is 2.92 bits per heavy atom. The second kappa shape index (κ2) is 4.13. The van der Waals surface area contributed by atoms with Crippen molar-refractivity contribution in [1.29, 1.82) is 0 Å². The summed E-state index contributed by atoms with van der Waals surface area (Å²) in [6.45, 7) is 3.54. The molecule has 0 spiro atoms. The van der Waals surface area contributed by atoms with Crippen molar-refractivity contribution < 1.29 is 4.39 Å². The van der Waals surface area contributed by atoms with Crippen LogP contribution in [-0.4, -0.2) is 15.7 Å². The van der Waals surface area contributed by atoms with Gasteiger partial charge in [0.05, 0.1) is 6.20 Å². The molecule has 0 atom stereocenters. The third kappa shape index (κ3) is 2.95. The van der Waals surface area contributed by atoms with Gasteiger partial charge in [0.25, 0.3) is 0 Å². The lowest BCUT2D eigenvalue weighted by molar-refractivity contribution is 0.617. The van der Waals surface area contributed by atoms with Crippen LogP contribution >= 0.6 is 11.6 Å². The molecule has 0 aromatic carbocycles. The maximum absolute atomic E-state index is 12.9. The van der Waals surface area contributed by atoms with E-state index in [9.17, 15) is 4.39 Å². The van der Waals surface area contributed by atoms with Crippen LogP contribution in [-0.2, 0) is 0 Å². The average molecular weight is 203 g/mol. The maximum Gasteiger partial charge on any atom is 0.224 e. The summed E-state index contributed by atoms with van der Waals surface area (Å²) in [5.41, 5.74) is 3.19. The Balaban J connectivity index is 2.87. The first-order chi connectivity index (χ1) is 6.09. The fraction of sp³-hybridized carbons (Fsp3) is 0.286. The van der Waals surface area contributed by atoms with Gasteiger partial charge in [0.2, 0.25) is 5.28 Å². The van der Waals surface area contributed by atoms with E-state index in [0.717, 1.165) is 11.9 Å². The normalized spacial score (nSPS) is 9.54. The van der Waals surface area contributed by atoms with Gasteiger partial charge in [-0.2, -0.15) is 10.1 Å². The van der Waals surface area contributed by atoms with Gasteiger partial charge in [-0.25, -0.2) is 9.37 Å². The zero-order valence-corrected chi connectivity index (χ0v) is 7.93. The van der Waals surface area contributed by atoms with E-state index in [-0.39, 0.29) is 11.1 Å². The smallest absolute Gasteiger partial charge is 0.224 e. The minimum absolute atomic E-state index is 0.0205. The summed E-state index contributed by atoms with van der Waals surface area (Å²) in [5.74, 6) is -0.615. The van der Waals surface area contributed by atoms with Gasteiger partial charge in [-0.05, 0) is 25.4 Å². The highest BCUT2D eigenvalue weighted by molar-refractivity contribution is 6.28. The van der Waals surface area contributed by atoms with Crippen molar-refractivity contribution in [3.05, 3.63) is 17.3 Å². The minimum Gasteiger partial charge on any atom is -0.259 e. The monoisotopic (exact) mass is 202 g/mol. The fourth-order valence-electron chi connectivity index (χ4n) is 0.589. The van der Waals surface area contributed by atoms with Crippen LogP contribution in [0.5, 0.6) is 0 Å². The fourth-order valence-corrected chi connectivity index (χ4v) is 0.722. The number of aromatic nitrogens is 2. The van der Waals surface area contributed by atoms with E-state index in [1.54, 1.807) is 13.8 Å². The number of hydrogen-bond acceptors (Lipinski definition) is 4. The second-order valence-electron chi connectivity index (χ2n) is 2.51. The van der Waals surface area contributed by atoms with Crippen LogP contribution in [0.25, 0.3) is 0 Å². The van der Waals surface area contributed by atoms with Gasteiger partial charge in [0.1, 0.15) is 0 Å². The number of hydrogen-bond donors (Lipinski definition) is 1. The van der Waals surface area contributed by atoms with Gasteiger partial charge in [-0.15, -0.1) is 0 Å². The summed E-state index contributed by atoms with van der Waals surface area (Å²) in [5, 5.41) is 3.75. The molecule has 0 radical (unpaired) electrons. The zero-order chi connectivity index (χ0) is 9.84.